The van der Waals surface area contributed by atoms with E-state index in [0.717, 1.165) is 35.5 Å². The Hall–Kier alpha value is -3.48. The maximum Gasteiger partial charge on any atom is 0.417 e. The molecule has 2 aliphatic heterocycles. The van der Waals surface area contributed by atoms with Gasteiger partial charge in [0, 0.05) is 58.9 Å². The number of ether oxygens (including phenoxy) is 1. The number of hydrogen-bond donors (Lipinski definition) is 0. The monoisotopic (exact) mass is 616 g/mol. The summed E-state index contributed by atoms with van der Waals surface area (Å²) in [4.78, 5) is 22.1. The highest BCUT2D eigenvalue weighted by Gasteiger charge is 2.39. The van der Waals surface area contributed by atoms with Gasteiger partial charge >= 0.3 is 11.9 Å². The first-order valence-corrected chi connectivity index (χ1v) is 14.9. The van der Waals surface area contributed by atoms with Crippen molar-refractivity contribution in [2.45, 2.75) is 43.3 Å². The van der Waals surface area contributed by atoms with Gasteiger partial charge in [-0.25, -0.2) is 13.6 Å². The molecule has 12 heteroatoms. The molecule has 6 nitrogen and oxygen atoms in total. The van der Waals surface area contributed by atoms with Gasteiger partial charge in [-0.3, -0.25) is 4.57 Å². The molecular weight excluding hydrogens is 587 g/mol. The van der Waals surface area contributed by atoms with Crippen molar-refractivity contribution >= 4 is 28.5 Å². The fourth-order valence-electron chi connectivity index (χ4n) is 5.88. The molecule has 0 aliphatic carbocycles. The molecule has 0 spiro atoms. The first-order chi connectivity index (χ1) is 20.5. The van der Waals surface area contributed by atoms with Gasteiger partial charge in [0.25, 0.3) is 0 Å². The van der Waals surface area contributed by atoms with E-state index in [0.29, 0.717) is 25.7 Å². The Labute approximate surface area is 249 Å². The second-order valence-corrected chi connectivity index (χ2v) is 12.0. The van der Waals surface area contributed by atoms with E-state index in [1.807, 2.05) is 49.2 Å². The van der Waals surface area contributed by atoms with Crippen LogP contribution in [0.5, 0.6) is 0 Å². The summed E-state index contributed by atoms with van der Waals surface area (Å²) in [6, 6.07) is 12.7. The average Bonchev–Trinajstić information content (AvgIpc) is 3.15. The van der Waals surface area contributed by atoms with Crippen molar-refractivity contribution in [1.82, 2.24) is 14.5 Å². The zero-order valence-corrected chi connectivity index (χ0v) is 24.3. The molecule has 6 rings (SSSR count). The molecule has 1 saturated heterocycles. The second kappa shape index (κ2) is 11.5. The van der Waals surface area contributed by atoms with E-state index >= 15 is 4.39 Å². The Bertz CT molecular complexity index is 1730. The zero-order valence-electron chi connectivity index (χ0n) is 23.5. The van der Waals surface area contributed by atoms with Gasteiger partial charge in [0.15, 0.2) is 0 Å². The molecular formula is C31H29F5N4O2S. The molecule has 2 aliphatic rings. The molecule has 2 atom stereocenters. The molecule has 0 unspecified atom stereocenters. The van der Waals surface area contributed by atoms with Crippen molar-refractivity contribution in [2.24, 2.45) is 0 Å². The quantitative estimate of drug-likeness (QED) is 0.249. The Balaban J connectivity index is 1.59. The Morgan fingerprint density at radius 2 is 1.81 bits per heavy atom. The van der Waals surface area contributed by atoms with E-state index < -0.39 is 46.3 Å². The number of anilines is 1. The molecule has 43 heavy (non-hydrogen) atoms. The van der Waals surface area contributed by atoms with Crippen molar-refractivity contribution in [3.05, 3.63) is 87.8 Å². The first-order valence-electron chi connectivity index (χ1n) is 13.9. The van der Waals surface area contributed by atoms with Crippen molar-refractivity contribution in [3.8, 4) is 11.1 Å². The van der Waals surface area contributed by atoms with Gasteiger partial charge in [-0.05, 0) is 37.7 Å². The van der Waals surface area contributed by atoms with Crippen molar-refractivity contribution < 1.29 is 26.7 Å². The number of halogens is 5. The molecule has 226 valence electrons. The molecule has 0 amide bonds. The smallest absolute Gasteiger partial charge is 0.371 e. The lowest BCUT2D eigenvalue weighted by Gasteiger charge is -2.39. The highest BCUT2D eigenvalue weighted by atomic mass is 32.2. The Morgan fingerprint density at radius 3 is 2.51 bits per heavy atom. The number of piperazine rings is 1. The summed E-state index contributed by atoms with van der Waals surface area (Å²) in [5.74, 6) is -1.67. The number of thioether (sulfide) groups is 1. The van der Waals surface area contributed by atoms with Gasteiger partial charge < -0.3 is 14.5 Å². The van der Waals surface area contributed by atoms with E-state index in [-0.39, 0.29) is 46.6 Å². The second-order valence-electron chi connectivity index (χ2n) is 11.0. The molecule has 0 N–H and O–H groups in total. The molecule has 3 aromatic carbocycles. The van der Waals surface area contributed by atoms with E-state index in [2.05, 4.69) is 9.88 Å². The van der Waals surface area contributed by atoms with Crippen LogP contribution in [-0.2, 0) is 24.1 Å². The van der Waals surface area contributed by atoms with E-state index in [1.165, 1.54) is 4.57 Å². The third-order valence-electron chi connectivity index (χ3n) is 7.94. The first kappa shape index (κ1) is 29.6. The van der Waals surface area contributed by atoms with E-state index in [4.69, 9.17) is 4.74 Å². The normalized spacial score (nSPS) is 19.6. The average molecular weight is 617 g/mol. The predicted octanol–water partition coefficient (Wildman–Crippen LogP) is 6.19. The van der Waals surface area contributed by atoms with Crippen molar-refractivity contribution in [2.75, 3.05) is 37.3 Å². The number of likely N-dealkylation sites (N-methyl/N-ethyl adjacent to an activating group) is 1. The molecule has 0 radical (unpaired) electrons. The predicted molar refractivity (Wildman–Crippen MR) is 156 cm³/mol. The number of hydrogen-bond acceptors (Lipinski definition) is 6. The highest BCUT2D eigenvalue weighted by Crippen LogP contribution is 2.49. The largest absolute Gasteiger partial charge is 0.417 e. The minimum Gasteiger partial charge on any atom is -0.371 e. The number of alkyl halides is 3. The summed E-state index contributed by atoms with van der Waals surface area (Å²) < 4.78 is 81.1. The number of benzene rings is 3. The molecule has 0 saturated carbocycles. The lowest BCUT2D eigenvalue weighted by atomic mass is 9.95. The maximum atomic E-state index is 15.2. The van der Waals surface area contributed by atoms with Gasteiger partial charge in [0.2, 0.25) is 0 Å². The fourth-order valence-corrected chi connectivity index (χ4v) is 7.16. The number of aromatic nitrogens is 2. The summed E-state index contributed by atoms with van der Waals surface area (Å²) in [6.07, 6.45) is -5.45. The molecule has 0 bridgehead atoms. The summed E-state index contributed by atoms with van der Waals surface area (Å²) in [6.45, 7) is 3.95. The fraction of sp³-hybridized carbons (Fsp3) is 0.355. The summed E-state index contributed by atoms with van der Waals surface area (Å²) in [7, 11) is 1.95. The molecule has 1 fully saturated rings. The van der Waals surface area contributed by atoms with Gasteiger partial charge in [0.05, 0.1) is 30.3 Å². The minimum atomic E-state index is -4.89. The third kappa shape index (κ3) is 5.75. The lowest BCUT2D eigenvalue weighted by molar-refractivity contribution is -0.137. The van der Waals surface area contributed by atoms with Crippen LogP contribution in [-0.4, -0.2) is 59.0 Å². The van der Waals surface area contributed by atoms with Crippen LogP contribution in [0.1, 0.15) is 18.1 Å². The van der Waals surface area contributed by atoms with Crippen LogP contribution in [0, 0.1) is 11.6 Å². The summed E-state index contributed by atoms with van der Waals surface area (Å²) >= 11 is 1.08. The van der Waals surface area contributed by atoms with E-state index in [1.54, 1.807) is 0 Å². The summed E-state index contributed by atoms with van der Waals surface area (Å²) in [5, 5.41) is 0.154. The van der Waals surface area contributed by atoms with Crippen LogP contribution >= 0.6 is 11.8 Å². The van der Waals surface area contributed by atoms with Gasteiger partial charge in [0.1, 0.15) is 17.5 Å². The van der Waals surface area contributed by atoms with E-state index in [9.17, 15) is 22.4 Å². The van der Waals surface area contributed by atoms with Crippen LogP contribution in [0.25, 0.3) is 22.0 Å². The Kier molecular flexibility index (Phi) is 7.95. The van der Waals surface area contributed by atoms with Crippen LogP contribution in [0.2, 0.25) is 0 Å². The highest BCUT2D eigenvalue weighted by molar-refractivity contribution is 7.99. The maximum absolute atomic E-state index is 15.2. The minimum absolute atomic E-state index is 0.0461. The third-order valence-corrected chi connectivity index (χ3v) is 9.16. The SMILES string of the molecule is C[C@H]1CN(C)CCN1c1nc(=O)n2c3c(c(-c4ccc(F)cc4F)c(C(F)(F)F)cc13)SC[C@@H](OCc1ccccc1)C2. The van der Waals surface area contributed by atoms with Crippen molar-refractivity contribution in [1.29, 1.82) is 0 Å². The molecule has 1 aromatic heterocycles. The number of nitrogens with zero attached hydrogens (tertiary/aromatic N) is 4. The van der Waals surface area contributed by atoms with Crippen molar-refractivity contribution in [3.63, 3.8) is 0 Å². The lowest BCUT2D eigenvalue weighted by Crippen LogP contribution is -2.51. The standard InChI is InChI=1S/C31H29F5N4O2S/c1-18-14-38(2)10-11-39(18)29-23-13-24(31(34,35)36)26(22-9-8-20(32)12-25(22)33)28-27(23)40(30(41)37-29)15-21(17-43-28)42-16-19-6-4-3-5-7-19/h3-9,12-13,18,21H,10-11,14-17H2,1-2H3/t18-,21-/m0/s1. The number of rotatable bonds is 5. The zero-order chi connectivity index (χ0) is 30.5. The van der Waals surface area contributed by atoms with Crippen LogP contribution < -0.4 is 10.6 Å². The topological polar surface area (TPSA) is 50.6 Å². The van der Waals surface area contributed by atoms with Crippen LogP contribution in [0.15, 0.2) is 64.3 Å². The Morgan fingerprint density at radius 1 is 1.05 bits per heavy atom. The van der Waals surface area contributed by atoms with Crippen LogP contribution in [0.4, 0.5) is 27.8 Å². The van der Waals surface area contributed by atoms with Gasteiger partial charge in [-0.15, -0.1) is 11.8 Å². The molecule has 4 aromatic rings. The van der Waals surface area contributed by atoms with Gasteiger partial charge in [-0.1, -0.05) is 30.3 Å². The van der Waals surface area contributed by atoms with Crippen LogP contribution in [0.3, 0.4) is 0 Å². The van der Waals surface area contributed by atoms with Gasteiger partial charge in [-0.2, -0.15) is 18.2 Å². The molecule has 3 heterocycles. The summed E-state index contributed by atoms with van der Waals surface area (Å²) in [5.41, 5.74) is -1.39.